The minimum absolute atomic E-state index is 0.0123. The molecule has 1 aromatic rings. The molecule has 21 heavy (non-hydrogen) atoms. The van der Waals surface area contributed by atoms with Crippen molar-refractivity contribution < 1.29 is 13.6 Å². The first kappa shape index (κ1) is 16.1. The van der Waals surface area contributed by atoms with Crippen LogP contribution in [-0.2, 0) is 0 Å². The highest BCUT2D eigenvalue weighted by Gasteiger charge is 2.33. The number of benzene rings is 1. The molecule has 6 heteroatoms. The average molecular weight is 314 g/mol. The van der Waals surface area contributed by atoms with Crippen LogP contribution >= 0.6 is 11.8 Å². The first-order valence-corrected chi connectivity index (χ1v) is 8.24. The van der Waals surface area contributed by atoms with Gasteiger partial charge in [-0.15, -0.1) is 0 Å². The maximum atomic E-state index is 13.7. The molecule has 1 aromatic carbocycles. The van der Waals surface area contributed by atoms with Gasteiger partial charge in [-0.1, -0.05) is 12.8 Å². The summed E-state index contributed by atoms with van der Waals surface area (Å²) in [7, 11) is 1.43. The van der Waals surface area contributed by atoms with E-state index in [-0.39, 0.29) is 16.0 Å². The first-order valence-electron chi connectivity index (χ1n) is 7.01. The Hall–Kier alpha value is -1.30. The van der Waals surface area contributed by atoms with Gasteiger partial charge in [0.25, 0.3) is 5.91 Å². The first-order chi connectivity index (χ1) is 10.0. The van der Waals surface area contributed by atoms with Crippen LogP contribution in [0.1, 0.15) is 36.0 Å². The molecule has 1 amide bonds. The zero-order valence-corrected chi connectivity index (χ0v) is 13.1. The van der Waals surface area contributed by atoms with Crippen LogP contribution in [-0.4, -0.2) is 30.5 Å². The van der Waals surface area contributed by atoms with Gasteiger partial charge in [-0.25, -0.2) is 8.78 Å². The van der Waals surface area contributed by atoms with E-state index < -0.39 is 17.5 Å². The van der Waals surface area contributed by atoms with Crippen molar-refractivity contribution in [2.24, 2.45) is 0 Å². The van der Waals surface area contributed by atoms with Crippen LogP contribution in [0.4, 0.5) is 14.5 Å². The van der Waals surface area contributed by atoms with E-state index in [0.29, 0.717) is 6.54 Å². The number of halogens is 2. The van der Waals surface area contributed by atoms with Gasteiger partial charge in [-0.05, 0) is 31.2 Å². The van der Waals surface area contributed by atoms with Crippen LogP contribution < -0.4 is 10.6 Å². The van der Waals surface area contributed by atoms with E-state index in [2.05, 4.69) is 10.6 Å². The summed E-state index contributed by atoms with van der Waals surface area (Å²) in [6.45, 7) is 0.532. The number of carbonyl (C=O) groups excluding carboxylic acids is 1. The Balaban J connectivity index is 2.07. The number of carbonyl (C=O) groups is 1. The van der Waals surface area contributed by atoms with Crippen molar-refractivity contribution in [3.05, 3.63) is 29.3 Å². The molecule has 1 fully saturated rings. The molecule has 0 unspecified atom stereocenters. The minimum atomic E-state index is -0.761. The third-order valence-electron chi connectivity index (χ3n) is 4.07. The Morgan fingerprint density at radius 1 is 1.29 bits per heavy atom. The maximum Gasteiger partial charge on any atom is 0.251 e. The van der Waals surface area contributed by atoms with Crippen LogP contribution in [0.3, 0.4) is 0 Å². The molecule has 1 aliphatic carbocycles. The molecule has 0 heterocycles. The van der Waals surface area contributed by atoms with Crippen molar-refractivity contribution in [3.63, 3.8) is 0 Å². The van der Waals surface area contributed by atoms with Crippen molar-refractivity contribution in [1.29, 1.82) is 0 Å². The van der Waals surface area contributed by atoms with Gasteiger partial charge >= 0.3 is 0 Å². The van der Waals surface area contributed by atoms with Gasteiger partial charge in [0.05, 0.1) is 0 Å². The van der Waals surface area contributed by atoms with Gasteiger partial charge in [0.15, 0.2) is 0 Å². The second-order valence-corrected chi connectivity index (χ2v) is 6.62. The summed E-state index contributed by atoms with van der Waals surface area (Å²) in [5.74, 6) is -1.96. The standard InChI is InChI=1S/C15H20F2N2OS/c1-18-13-11(16)7-10(8-12(13)17)14(20)19-9-15(21-2)5-3-4-6-15/h7-8,18H,3-6,9H2,1-2H3,(H,19,20). The number of thioether (sulfide) groups is 1. The van der Waals surface area contributed by atoms with Crippen LogP contribution in [0.15, 0.2) is 12.1 Å². The zero-order valence-electron chi connectivity index (χ0n) is 12.3. The summed E-state index contributed by atoms with van der Waals surface area (Å²) in [4.78, 5) is 12.1. The predicted molar refractivity (Wildman–Crippen MR) is 83.0 cm³/mol. The monoisotopic (exact) mass is 314 g/mol. The number of nitrogens with one attached hydrogen (secondary N) is 2. The Bertz CT molecular complexity index is 507. The van der Waals surface area contributed by atoms with Gasteiger partial charge in [0, 0.05) is 23.9 Å². The van der Waals surface area contributed by atoms with Gasteiger partial charge in [0.2, 0.25) is 0 Å². The molecule has 116 valence electrons. The lowest BCUT2D eigenvalue weighted by Gasteiger charge is -2.26. The Morgan fingerprint density at radius 3 is 2.33 bits per heavy atom. The molecule has 0 saturated heterocycles. The molecule has 0 aromatic heterocycles. The normalized spacial score (nSPS) is 16.8. The highest BCUT2D eigenvalue weighted by atomic mass is 32.2. The van der Waals surface area contributed by atoms with Crippen LogP contribution in [0, 0.1) is 11.6 Å². The second-order valence-electron chi connectivity index (χ2n) is 5.34. The quantitative estimate of drug-likeness (QED) is 0.875. The molecule has 1 saturated carbocycles. The summed E-state index contributed by atoms with van der Waals surface area (Å²) < 4.78 is 27.4. The van der Waals surface area contributed by atoms with E-state index >= 15 is 0 Å². The SMILES string of the molecule is CNc1c(F)cc(C(=O)NCC2(SC)CCCC2)cc1F. The molecule has 0 aliphatic heterocycles. The summed E-state index contributed by atoms with van der Waals surface area (Å²) in [5.41, 5.74) is -0.207. The number of hydrogen-bond acceptors (Lipinski definition) is 3. The fraction of sp³-hybridized carbons (Fsp3) is 0.533. The van der Waals surface area contributed by atoms with E-state index in [1.54, 1.807) is 11.8 Å². The number of amides is 1. The van der Waals surface area contributed by atoms with E-state index in [4.69, 9.17) is 0 Å². The van der Waals surface area contributed by atoms with Crippen molar-refractivity contribution in [2.45, 2.75) is 30.4 Å². The summed E-state index contributed by atoms with van der Waals surface area (Å²) >= 11 is 1.76. The number of anilines is 1. The summed E-state index contributed by atoms with van der Waals surface area (Å²) in [5, 5.41) is 5.25. The molecular weight excluding hydrogens is 294 g/mol. The van der Waals surface area contributed by atoms with Gasteiger partial charge < -0.3 is 10.6 Å². The predicted octanol–water partition coefficient (Wildman–Crippen LogP) is 3.41. The van der Waals surface area contributed by atoms with Crippen LogP contribution in [0.25, 0.3) is 0 Å². The van der Waals surface area contributed by atoms with Crippen LogP contribution in [0.2, 0.25) is 0 Å². The van der Waals surface area contributed by atoms with Gasteiger partial charge in [-0.2, -0.15) is 11.8 Å². The van der Waals surface area contributed by atoms with Crippen molar-refractivity contribution >= 4 is 23.4 Å². The lowest BCUT2D eigenvalue weighted by Crippen LogP contribution is -2.38. The van der Waals surface area contributed by atoms with Crippen LogP contribution in [0.5, 0.6) is 0 Å². The number of rotatable bonds is 5. The van der Waals surface area contributed by atoms with Crippen molar-refractivity contribution in [2.75, 3.05) is 25.2 Å². The highest BCUT2D eigenvalue weighted by molar-refractivity contribution is 8.00. The third kappa shape index (κ3) is 3.48. The fourth-order valence-corrected chi connectivity index (χ4v) is 3.67. The Labute approximate surface area is 127 Å². The highest BCUT2D eigenvalue weighted by Crippen LogP contribution is 2.39. The van der Waals surface area contributed by atoms with Crippen molar-refractivity contribution in [3.8, 4) is 0 Å². The van der Waals surface area contributed by atoms with Gasteiger partial charge in [0.1, 0.15) is 17.3 Å². The number of hydrogen-bond donors (Lipinski definition) is 2. The molecule has 2 N–H and O–H groups in total. The molecule has 2 rings (SSSR count). The lowest BCUT2D eigenvalue weighted by atomic mass is 10.1. The van der Waals surface area contributed by atoms with E-state index in [1.165, 1.54) is 7.05 Å². The summed E-state index contributed by atoms with van der Waals surface area (Å²) in [6, 6.07) is 2.12. The summed E-state index contributed by atoms with van der Waals surface area (Å²) in [6.07, 6.45) is 6.50. The molecule has 0 bridgehead atoms. The fourth-order valence-electron chi connectivity index (χ4n) is 2.76. The Kier molecular flexibility index (Phi) is 5.08. The molecule has 0 atom stereocenters. The van der Waals surface area contributed by atoms with Crippen molar-refractivity contribution in [1.82, 2.24) is 5.32 Å². The molecule has 1 aliphatic rings. The molecule has 3 nitrogen and oxygen atoms in total. The Morgan fingerprint density at radius 2 is 1.86 bits per heavy atom. The second kappa shape index (κ2) is 6.64. The molecule has 0 radical (unpaired) electrons. The molecule has 0 spiro atoms. The molecular formula is C15H20F2N2OS. The topological polar surface area (TPSA) is 41.1 Å². The smallest absolute Gasteiger partial charge is 0.251 e. The lowest BCUT2D eigenvalue weighted by molar-refractivity contribution is 0.0948. The third-order valence-corrected chi connectivity index (χ3v) is 5.49. The maximum absolute atomic E-state index is 13.7. The van der Waals surface area contributed by atoms with E-state index in [0.717, 1.165) is 37.8 Å². The van der Waals surface area contributed by atoms with E-state index in [9.17, 15) is 13.6 Å². The van der Waals surface area contributed by atoms with E-state index in [1.807, 2.05) is 6.26 Å². The largest absolute Gasteiger partial charge is 0.383 e. The van der Waals surface area contributed by atoms with Gasteiger partial charge in [-0.3, -0.25) is 4.79 Å². The minimum Gasteiger partial charge on any atom is -0.383 e. The zero-order chi connectivity index (χ0) is 15.5. The average Bonchev–Trinajstić information content (AvgIpc) is 2.94.